The lowest BCUT2D eigenvalue weighted by Crippen LogP contribution is -2.14. The minimum Gasteiger partial charge on any atom is -0.349 e. The van der Waals surface area contributed by atoms with E-state index in [-0.39, 0.29) is 17.5 Å². The second-order valence-electron chi connectivity index (χ2n) is 5.44. The van der Waals surface area contributed by atoms with Gasteiger partial charge in [-0.05, 0) is 36.4 Å². The summed E-state index contributed by atoms with van der Waals surface area (Å²) in [5.74, 6) is -0.477. The van der Waals surface area contributed by atoms with Crippen LogP contribution in [0.1, 0.15) is 23.8 Å². The van der Waals surface area contributed by atoms with Crippen molar-refractivity contribution in [3.05, 3.63) is 58.2 Å². The van der Waals surface area contributed by atoms with Crippen molar-refractivity contribution in [1.82, 2.24) is 4.98 Å². The zero-order valence-electron chi connectivity index (χ0n) is 13.3. The maximum Gasteiger partial charge on any atom is 0.273 e. The largest absolute Gasteiger partial charge is 0.349 e. The molecule has 2 amide bonds. The summed E-state index contributed by atoms with van der Waals surface area (Å²) in [6.07, 6.45) is 0.379. The zero-order chi connectivity index (χ0) is 18.0. The summed E-state index contributed by atoms with van der Waals surface area (Å²) < 4.78 is 0. The molecule has 0 aliphatic rings. The molecule has 0 spiro atoms. The predicted molar refractivity (Wildman–Crippen MR) is 102 cm³/mol. The molecule has 1 heterocycles. The van der Waals surface area contributed by atoms with Crippen LogP contribution in [-0.2, 0) is 4.79 Å². The van der Waals surface area contributed by atoms with Crippen molar-refractivity contribution in [2.24, 2.45) is 0 Å². The van der Waals surface area contributed by atoms with Gasteiger partial charge in [0.2, 0.25) is 5.91 Å². The van der Waals surface area contributed by atoms with E-state index in [2.05, 4.69) is 15.6 Å². The van der Waals surface area contributed by atoms with Crippen LogP contribution in [0.4, 0.5) is 11.4 Å². The van der Waals surface area contributed by atoms with Gasteiger partial charge in [-0.3, -0.25) is 9.59 Å². The molecule has 5 nitrogen and oxygen atoms in total. The number of carbonyl (C=O) groups is 2. The number of halogens is 2. The van der Waals surface area contributed by atoms with Gasteiger partial charge >= 0.3 is 0 Å². The van der Waals surface area contributed by atoms with Gasteiger partial charge in [0.25, 0.3) is 5.91 Å². The number of hydrogen-bond acceptors (Lipinski definition) is 2. The number of fused-ring (bicyclic) bond motifs is 1. The SMILES string of the molecule is CCC(=O)Nc1cccc(NC(=O)c2[nH]c3ccc(Cl)cc3c2Cl)c1. The normalized spacial score (nSPS) is 10.7. The van der Waals surface area contributed by atoms with E-state index >= 15 is 0 Å². The van der Waals surface area contributed by atoms with Crippen molar-refractivity contribution in [1.29, 1.82) is 0 Å². The first-order valence-electron chi connectivity index (χ1n) is 7.66. The molecule has 7 heteroatoms. The van der Waals surface area contributed by atoms with E-state index in [1.165, 1.54) is 0 Å². The van der Waals surface area contributed by atoms with E-state index in [4.69, 9.17) is 23.2 Å². The summed E-state index contributed by atoms with van der Waals surface area (Å²) in [5, 5.41) is 7.05. The first-order chi connectivity index (χ1) is 12.0. The van der Waals surface area contributed by atoms with E-state index in [0.29, 0.717) is 33.2 Å². The predicted octanol–water partition coefficient (Wildman–Crippen LogP) is 5.08. The summed E-state index contributed by atoms with van der Waals surface area (Å²) in [6, 6.07) is 12.1. The van der Waals surface area contributed by atoms with Crippen LogP contribution in [0.5, 0.6) is 0 Å². The van der Waals surface area contributed by atoms with Crippen molar-refractivity contribution >= 4 is 57.3 Å². The van der Waals surface area contributed by atoms with Crippen molar-refractivity contribution < 1.29 is 9.59 Å². The van der Waals surface area contributed by atoms with E-state index in [0.717, 1.165) is 5.52 Å². The van der Waals surface area contributed by atoms with E-state index in [1.54, 1.807) is 49.4 Å². The fraction of sp³-hybridized carbons (Fsp3) is 0.111. The highest BCUT2D eigenvalue weighted by molar-refractivity contribution is 6.40. The number of amides is 2. The van der Waals surface area contributed by atoms with Gasteiger partial charge in [-0.25, -0.2) is 0 Å². The number of carbonyl (C=O) groups excluding carboxylic acids is 2. The van der Waals surface area contributed by atoms with Crippen LogP contribution in [-0.4, -0.2) is 16.8 Å². The second kappa shape index (κ2) is 7.17. The van der Waals surface area contributed by atoms with E-state index in [9.17, 15) is 9.59 Å². The Hall–Kier alpha value is -2.50. The highest BCUT2D eigenvalue weighted by Gasteiger charge is 2.17. The molecular weight excluding hydrogens is 361 g/mol. The lowest BCUT2D eigenvalue weighted by atomic mass is 10.2. The molecule has 0 radical (unpaired) electrons. The van der Waals surface area contributed by atoms with Gasteiger partial charge in [0, 0.05) is 33.7 Å². The fourth-order valence-corrected chi connectivity index (χ4v) is 2.87. The Morgan fingerprint density at radius 2 is 1.76 bits per heavy atom. The van der Waals surface area contributed by atoms with Gasteiger partial charge in [-0.1, -0.05) is 36.2 Å². The molecule has 3 rings (SSSR count). The Morgan fingerprint density at radius 1 is 1.04 bits per heavy atom. The Kier molecular flexibility index (Phi) is 4.97. The number of aromatic nitrogens is 1. The molecule has 3 N–H and O–H groups in total. The Balaban J connectivity index is 1.84. The second-order valence-corrected chi connectivity index (χ2v) is 6.25. The molecular formula is C18H15Cl2N3O2. The van der Waals surface area contributed by atoms with Crippen molar-refractivity contribution in [3.63, 3.8) is 0 Å². The molecule has 1 aromatic heterocycles. The number of rotatable bonds is 4. The lowest BCUT2D eigenvalue weighted by Gasteiger charge is -2.08. The summed E-state index contributed by atoms with van der Waals surface area (Å²) in [4.78, 5) is 27.0. The maximum absolute atomic E-state index is 12.5. The molecule has 25 heavy (non-hydrogen) atoms. The van der Waals surface area contributed by atoms with Crippen molar-refractivity contribution in [3.8, 4) is 0 Å². The van der Waals surface area contributed by atoms with Gasteiger partial charge in [0.05, 0.1) is 5.02 Å². The molecule has 3 aromatic rings. The van der Waals surface area contributed by atoms with Crippen LogP contribution in [0, 0.1) is 0 Å². The van der Waals surface area contributed by atoms with E-state index < -0.39 is 0 Å². The van der Waals surface area contributed by atoms with Gasteiger partial charge < -0.3 is 15.6 Å². The zero-order valence-corrected chi connectivity index (χ0v) is 14.8. The Morgan fingerprint density at radius 3 is 2.48 bits per heavy atom. The fourth-order valence-electron chi connectivity index (χ4n) is 2.41. The van der Waals surface area contributed by atoms with Gasteiger partial charge in [0.15, 0.2) is 0 Å². The molecule has 0 unspecified atom stereocenters. The lowest BCUT2D eigenvalue weighted by molar-refractivity contribution is -0.115. The third-order valence-corrected chi connectivity index (χ3v) is 4.28. The van der Waals surface area contributed by atoms with Gasteiger partial charge in [-0.2, -0.15) is 0 Å². The first-order valence-corrected chi connectivity index (χ1v) is 8.41. The molecule has 0 aliphatic carbocycles. The average Bonchev–Trinajstić information content (AvgIpc) is 2.91. The Bertz CT molecular complexity index is 966. The molecule has 0 atom stereocenters. The average molecular weight is 376 g/mol. The summed E-state index contributed by atoms with van der Waals surface area (Å²) >= 11 is 12.3. The summed E-state index contributed by atoms with van der Waals surface area (Å²) in [7, 11) is 0. The minimum atomic E-state index is -0.378. The molecule has 0 aliphatic heterocycles. The highest BCUT2D eigenvalue weighted by Crippen LogP contribution is 2.30. The monoisotopic (exact) mass is 375 g/mol. The molecule has 128 valence electrons. The van der Waals surface area contributed by atoms with Crippen molar-refractivity contribution in [2.45, 2.75) is 13.3 Å². The van der Waals surface area contributed by atoms with Gasteiger partial charge in [-0.15, -0.1) is 0 Å². The quantitative estimate of drug-likeness (QED) is 0.594. The van der Waals surface area contributed by atoms with Crippen LogP contribution < -0.4 is 10.6 Å². The Labute approximate surface area is 154 Å². The number of benzene rings is 2. The van der Waals surface area contributed by atoms with Crippen LogP contribution in [0.3, 0.4) is 0 Å². The number of nitrogens with one attached hydrogen (secondary N) is 3. The molecule has 0 saturated carbocycles. The first kappa shape index (κ1) is 17.3. The highest BCUT2D eigenvalue weighted by atomic mass is 35.5. The number of H-pyrrole nitrogens is 1. The number of aromatic amines is 1. The minimum absolute atomic E-state index is 0.0981. The third kappa shape index (κ3) is 3.78. The molecule has 2 aromatic carbocycles. The van der Waals surface area contributed by atoms with Gasteiger partial charge in [0.1, 0.15) is 5.69 Å². The third-order valence-electron chi connectivity index (χ3n) is 3.65. The molecule has 0 saturated heterocycles. The van der Waals surface area contributed by atoms with Crippen LogP contribution in [0.25, 0.3) is 10.9 Å². The smallest absolute Gasteiger partial charge is 0.273 e. The molecule has 0 bridgehead atoms. The number of hydrogen-bond donors (Lipinski definition) is 3. The van der Waals surface area contributed by atoms with Crippen molar-refractivity contribution in [2.75, 3.05) is 10.6 Å². The maximum atomic E-state index is 12.5. The van der Waals surface area contributed by atoms with Crippen LogP contribution >= 0.6 is 23.2 Å². The number of anilines is 2. The summed E-state index contributed by atoms with van der Waals surface area (Å²) in [5.41, 5.74) is 2.14. The summed E-state index contributed by atoms with van der Waals surface area (Å²) in [6.45, 7) is 1.77. The molecule has 0 fully saturated rings. The standard InChI is InChI=1S/C18H15Cl2N3O2/c1-2-15(24)21-11-4-3-5-12(9-11)22-18(25)17-16(20)13-8-10(19)6-7-14(13)23-17/h3-9,23H,2H2,1H3,(H,21,24)(H,22,25). The van der Waals surface area contributed by atoms with Crippen LogP contribution in [0.2, 0.25) is 10.0 Å². The van der Waals surface area contributed by atoms with Crippen LogP contribution in [0.15, 0.2) is 42.5 Å². The van der Waals surface area contributed by atoms with E-state index in [1.807, 2.05) is 0 Å². The topological polar surface area (TPSA) is 74.0 Å².